The van der Waals surface area contributed by atoms with Crippen LogP contribution >= 0.6 is 0 Å². The molecule has 4 nitrogen and oxygen atoms in total. The quantitative estimate of drug-likeness (QED) is 0.809. The number of rotatable bonds is 4. The van der Waals surface area contributed by atoms with Gasteiger partial charge in [0.15, 0.2) is 11.5 Å². The lowest BCUT2D eigenvalue weighted by Gasteiger charge is -2.12. The minimum Gasteiger partial charge on any atom is -0.493 e. The van der Waals surface area contributed by atoms with Gasteiger partial charge in [-0.1, -0.05) is 12.1 Å². The Hall–Kier alpha value is -2.23. The minimum atomic E-state index is 0.440. The number of nitrogens with zero attached hydrogens (tertiary/aromatic N) is 1. The molecular weight excluding hydrogens is 218 g/mol. The number of methoxy groups -OCH3 is 2. The fraction of sp³-hybridized carbons (Fsp3) is 0.154. The zero-order valence-electron chi connectivity index (χ0n) is 9.64. The molecule has 0 spiro atoms. The zero-order valence-corrected chi connectivity index (χ0v) is 9.64. The second-order valence-electron chi connectivity index (χ2n) is 3.20. The van der Waals surface area contributed by atoms with E-state index in [9.17, 15) is 0 Å². The van der Waals surface area contributed by atoms with Crippen LogP contribution in [-0.4, -0.2) is 19.2 Å². The van der Waals surface area contributed by atoms with Gasteiger partial charge in [-0.15, -0.1) is 0 Å². The molecule has 0 aliphatic rings. The van der Waals surface area contributed by atoms with Crippen LogP contribution in [0.1, 0.15) is 0 Å². The molecule has 2 aromatic rings. The van der Waals surface area contributed by atoms with Gasteiger partial charge in [0.05, 0.1) is 20.4 Å². The van der Waals surface area contributed by atoms with E-state index >= 15 is 0 Å². The third-order valence-corrected chi connectivity index (χ3v) is 2.17. The number of hydrogen-bond donors (Lipinski definition) is 0. The molecular formula is C13H12NO3. The third kappa shape index (κ3) is 2.47. The van der Waals surface area contributed by atoms with Crippen LogP contribution in [-0.2, 0) is 0 Å². The molecule has 0 saturated heterocycles. The Labute approximate surface area is 99.8 Å². The van der Waals surface area contributed by atoms with E-state index in [-0.39, 0.29) is 0 Å². The molecule has 1 aromatic heterocycles. The largest absolute Gasteiger partial charge is 0.493 e. The summed E-state index contributed by atoms with van der Waals surface area (Å²) in [6.07, 6.45) is 2.70. The van der Waals surface area contributed by atoms with E-state index in [1.807, 2.05) is 6.07 Å². The van der Waals surface area contributed by atoms with E-state index in [1.54, 1.807) is 44.6 Å². The molecule has 0 aliphatic carbocycles. The fourth-order valence-corrected chi connectivity index (χ4v) is 1.39. The van der Waals surface area contributed by atoms with Crippen LogP contribution in [0.5, 0.6) is 23.1 Å². The molecule has 0 bridgehead atoms. The average molecular weight is 230 g/mol. The van der Waals surface area contributed by atoms with Crippen LogP contribution in [0.15, 0.2) is 36.4 Å². The highest BCUT2D eigenvalue weighted by Gasteiger charge is 2.12. The van der Waals surface area contributed by atoms with Gasteiger partial charge in [-0.2, -0.15) is 0 Å². The summed E-state index contributed by atoms with van der Waals surface area (Å²) in [6.45, 7) is 0. The van der Waals surface area contributed by atoms with Crippen LogP contribution in [0.3, 0.4) is 0 Å². The maximum atomic E-state index is 5.63. The molecule has 17 heavy (non-hydrogen) atoms. The summed E-state index contributed by atoms with van der Waals surface area (Å²) in [7, 11) is 3.15. The molecule has 4 heteroatoms. The zero-order chi connectivity index (χ0) is 12.1. The van der Waals surface area contributed by atoms with Gasteiger partial charge >= 0.3 is 0 Å². The standard InChI is InChI=1S/C13H12NO3/c1-15-10-6-5-7-11(16-2)13(10)17-12-8-3-4-9-14-12/h3-8H,1-2H3. The molecule has 0 aliphatic heterocycles. The van der Waals surface area contributed by atoms with Crippen molar-refractivity contribution in [3.63, 3.8) is 0 Å². The van der Waals surface area contributed by atoms with Gasteiger partial charge < -0.3 is 14.2 Å². The predicted octanol–water partition coefficient (Wildman–Crippen LogP) is 2.69. The molecule has 2 rings (SSSR count). The summed E-state index contributed by atoms with van der Waals surface area (Å²) in [5, 5.41) is 0. The number of benzene rings is 1. The number of pyridine rings is 1. The normalized spacial score (nSPS) is 9.76. The number of hydrogen-bond acceptors (Lipinski definition) is 4. The molecule has 0 atom stereocenters. The van der Waals surface area contributed by atoms with E-state index in [0.717, 1.165) is 0 Å². The highest BCUT2D eigenvalue weighted by molar-refractivity contribution is 5.52. The molecule has 0 amide bonds. The summed E-state index contributed by atoms with van der Waals surface area (Å²) >= 11 is 0. The summed E-state index contributed by atoms with van der Waals surface area (Å²) in [5.41, 5.74) is 0. The first-order chi connectivity index (χ1) is 8.35. The van der Waals surface area contributed by atoms with Crippen LogP contribution in [0.25, 0.3) is 0 Å². The van der Waals surface area contributed by atoms with Crippen molar-refractivity contribution < 1.29 is 14.2 Å². The smallest absolute Gasteiger partial charge is 0.220 e. The minimum absolute atomic E-state index is 0.440. The van der Waals surface area contributed by atoms with Crippen molar-refractivity contribution in [1.82, 2.24) is 4.98 Å². The maximum Gasteiger partial charge on any atom is 0.220 e. The van der Waals surface area contributed by atoms with Gasteiger partial charge in [0.2, 0.25) is 11.6 Å². The molecule has 1 radical (unpaired) electrons. The van der Waals surface area contributed by atoms with Crippen LogP contribution in [0.2, 0.25) is 0 Å². The van der Waals surface area contributed by atoms with Crippen molar-refractivity contribution >= 4 is 0 Å². The lowest BCUT2D eigenvalue weighted by molar-refractivity contribution is 0.342. The van der Waals surface area contributed by atoms with Crippen molar-refractivity contribution in [2.45, 2.75) is 0 Å². The third-order valence-electron chi connectivity index (χ3n) is 2.17. The Balaban J connectivity index is 2.37. The Morgan fingerprint density at radius 3 is 2.24 bits per heavy atom. The van der Waals surface area contributed by atoms with E-state index in [0.29, 0.717) is 23.1 Å². The first-order valence-corrected chi connectivity index (χ1v) is 5.07. The Kier molecular flexibility index (Phi) is 3.45. The van der Waals surface area contributed by atoms with E-state index in [2.05, 4.69) is 11.2 Å². The second kappa shape index (κ2) is 5.21. The van der Waals surface area contributed by atoms with Gasteiger partial charge in [-0.25, -0.2) is 4.98 Å². The van der Waals surface area contributed by atoms with Crippen molar-refractivity contribution in [2.75, 3.05) is 14.2 Å². The highest BCUT2D eigenvalue weighted by atomic mass is 16.5. The predicted molar refractivity (Wildman–Crippen MR) is 62.7 cm³/mol. The van der Waals surface area contributed by atoms with Gasteiger partial charge in [0, 0.05) is 6.07 Å². The van der Waals surface area contributed by atoms with E-state index in [1.165, 1.54) is 0 Å². The lowest BCUT2D eigenvalue weighted by Crippen LogP contribution is -1.95. The molecule has 0 saturated carbocycles. The molecule has 1 heterocycles. The van der Waals surface area contributed by atoms with Crippen molar-refractivity contribution in [2.24, 2.45) is 0 Å². The van der Waals surface area contributed by atoms with Gasteiger partial charge in [-0.3, -0.25) is 0 Å². The summed E-state index contributed by atoms with van der Waals surface area (Å²) in [6, 6.07) is 10.7. The average Bonchev–Trinajstić information content (AvgIpc) is 2.40. The Morgan fingerprint density at radius 1 is 1.00 bits per heavy atom. The van der Waals surface area contributed by atoms with Crippen LogP contribution < -0.4 is 14.2 Å². The molecule has 87 valence electrons. The van der Waals surface area contributed by atoms with E-state index in [4.69, 9.17) is 14.2 Å². The van der Waals surface area contributed by atoms with Gasteiger partial charge in [0.1, 0.15) is 0 Å². The molecule has 0 N–H and O–H groups in total. The maximum absolute atomic E-state index is 5.63. The molecule has 0 unspecified atom stereocenters. The highest BCUT2D eigenvalue weighted by Crippen LogP contribution is 2.39. The van der Waals surface area contributed by atoms with Gasteiger partial charge in [0.25, 0.3) is 0 Å². The van der Waals surface area contributed by atoms with Crippen LogP contribution in [0.4, 0.5) is 0 Å². The summed E-state index contributed by atoms with van der Waals surface area (Å²) in [5.74, 6) is 2.13. The summed E-state index contributed by atoms with van der Waals surface area (Å²) in [4.78, 5) is 3.97. The van der Waals surface area contributed by atoms with Crippen molar-refractivity contribution in [3.05, 3.63) is 42.6 Å². The topological polar surface area (TPSA) is 40.6 Å². The summed E-state index contributed by atoms with van der Waals surface area (Å²) < 4.78 is 16.1. The molecule has 1 aromatic carbocycles. The number of para-hydroxylation sites is 1. The van der Waals surface area contributed by atoms with Crippen LogP contribution in [0, 0.1) is 6.20 Å². The van der Waals surface area contributed by atoms with E-state index < -0.39 is 0 Å². The number of aromatic nitrogens is 1. The van der Waals surface area contributed by atoms with Crippen molar-refractivity contribution in [3.8, 4) is 23.1 Å². The Morgan fingerprint density at radius 2 is 1.71 bits per heavy atom. The monoisotopic (exact) mass is 230 g/mol. The van der Waals surface area contributed by atoms with Gasteiger partial charge in [-0.05, 0) is 18.2 Å². The Bertz CT molecular complexity index is 463. The molecule has 0 fully saturated rings. The first kappa shape index (κ1) is 11.3. The first-order valence-electron chi connectivity index (χ1n) is 5.07. The lowest BCUT2D eigenvalue weighted by atomic mass is 10.3. The fourth-order valence-electron chi connectivity index (χ4n) is 1.39. The van der Waals surface area contributed by atoms with Crippen molar-refractivity contribution in [1.29, 1.82) is 0 Å². The second-order valence-corrected chi connectivity index (χ2v) is 3.20. The number of ether oxygens (including phenoxy) is 3. The SMILES string of the molecule is COc1cccc(OC)c1Oc1ccc[c]n1.